The molecule has 0 aromatic heterocycles. The highest BCUT2D eigenvalue weighted by molar-refractivity contribution is 9.10. The maximum atomic E-state index is 11.7. The number of benzene rings is 1. The number of hydrogen-bond acceptors (Lipinski definition) is 3. The molecule has 0 atom stereocenters. The molecule has 0 fully saturated rings. The van der Waals surface area contributed by atoms with Gasteiger partial charge in [-0.2, -0.15) is 13.2 Å². The highest BCUT2D eigenvalue weighted by Crippen LogP contribution is 2.22. The standard InChI is InChI=1S/C10H11BrF3NO2/c11-9-2-1-8(3-7(9)4-15)17-6-16-5-10(12,13)14/h1-3H,4-6,15H2. The van der Waals surface area contributed by atoms with Gasteiger partial charge in [-0.05, 0) is 23.8 Å². The van der Waals surface area contributed by atoms with Gasteiger partial charge in [-0.1, -0.05) is 15.9 Å². The molecule has 96 valence electrons. The van der Waals surface area contributed by atoms with E-state index < -0.39 is 19.6 Å². The summed E-state index contributed by atoms with van der Waals surface area (Å²) in [5.74, 6) is 0.413. The van der Waals surface area contributed by atoms with Crippen LogP contribution in [-0.4, -0.2) is 19.6 Å². The predicted octanol–water partition coefficient (Wildman–Crippen LogP) is 2.82. The fourth-order valence-corrected chi connectivity index (χ4v) is 1.47. The second kappa shape index (κ2) is 6.23. The number of alkyl halides is 3. The van der Waals surface area contributed by atoms with Crippen LogP contribution in [0.25, 0.3) is 0 Å². The number of halogens is 4. The van der Waals surface area contributed by atoms with Gasteiger partial charge in [-0.15, -0.1) is 0 Å². The number of ether oxygens (including phenoxy) is 2. The Hall–Kier alpha value is -0.790. The largest absolute Gasteiger partial charge is 0.468 e. The van der Waals surface area contributed by atoms with Gasteiger partial charge in [0.15, 0.2) is 6.79 Å². The summed E-state index contributed by atoms with van der Waals surface area (Å²) in [6, 6.07) is 4.96. The van der Waals surface area contributed by atoms with Crippen molar-refractivity contribution in [1.29, 1.82) is 0 Å². The van der Waals surface area contributed by atoms with Gasteiger partial charge in [0.05, 0.1) is 0 Å². The van der Waals surface area contributed by atoms with Crippen molar-refractivity contribution in [2.24, 2.45) is 5.73 Å². The van der Waals surface area contributed by atoms with Gasteiger partial charge in [0.25, 0.3) is 0 Å². The van der Waals surface area contributed by atoms with Gasteiger partial charge in [0.2, 0.25) is 0 Å². The van der Waals surface area contributed by atoms with E-state index in [4.69, 9.17) is 10.5 Å². The Morgan fingerprint density at radius 2 is 2.00 bits per heavy atom. The van der Waals surface area contributed by atoms with E-state index in [2.05, 4.69) is 20.7 Å². The quantitative estimate of drug-likeness (QED) is 0.671. The smallest absolute Gasteiger partial charge is 0.411 e. The fourth-order valence-electron chi connectivity index (χ4n) is 1.06. The van der Waals surface area contributed by atoms with Gasteiger partial charge < -0.3 is 15.2 Å². The number of rotatable bonds is 5. The van der Waals surface area contributed by atoms with Crippen molar-refractivity contribution in [3.63, 3.8) is 0 Å². The average molecular weight is 314 g/mol. The van der Waals surface area contributed by atoms with E-state index in [1.165, 1.54) is 0 Å². The SMILES string of the molecule is NCc1cc(OCOCC(F)(F)F)ccc1Br. The zero-order valence-electron chi connectivity index (χ0n) is 8.76. The van der Waals surface area contributed by atoms with Crippen LogP contribution in [0, 0.1) is 0 Å². The molecule has 1 aromatic rings. The van der Waals surface area contributed by atoms with Crippen molar-refractivity contribution in [2.75, 3.05) is 13.4 Å². The lowest BCUT2D eigenvalue weighted by molar-refractivity contribution is -0.186. The summed E-state index contributed by atoms with van der Waals surface area (Å²) in [4.78, 5) is 0. The van der Waals surface area contributed by atoms with Gasteiger partial charge >= 0.3 is 6.18 Å². The predicted molar refractivity (Wildman–Crippen MR) is 59.5 cm³/mol. The first-order valence-electron chi connectivity index (χ1n) is 4.68. The van der Waals surface area contributed by atoms with E-state index in [-0.39, 0.29) is 0 Å². The first-order chi connectivity index (χ1) is 7.92. The van der Waals surface area contributed by atoms with Crippen LogP contribution in [0.5, 0.6) is 5.75 Å². The number of nitrogens with two attached hydrogens (primary N) is 1. The average Bonchev–Trinajstić information content (AvgIpc) is 2.25. The molecule has 3 nitrogen and oxygen atoms in total. The zero-order valence-corrected chi connectivity index (χ0v) is 10.3. The summed E-state index contributed by atoms with van der Waals surface area (Å²) in [6.07, 6.45) is -4.34. The zero-order chi connectivity index (χ0) is 12.9. The molecule has 0 bridgehead atoms. The maximum Gasteiger partial charge on any atom is 0.411 e. The summed E-state index contributed by atoms with van der Waals surface area (Å²) in [6.45, 7) is -1.47. The Balaban J connectivity index is 2.42. The first kappa shape index (κ1) is 14.3. The van der Waals surface area contributed by atoms with Crippen molar-refractivity contribution in [3.8, 4) is 5.75 Å². The highest BCUT2D eigenvalue weighted by Gasteiger charge is 2.27. The lowest BCUT2D eigenvalue weighted by atomic mass is 10.2. The second-order valence-electron chi connectivity index (χ2n) is 3.18. The van der Waals surface area contributed by atoms with E-state index in [0.29, 0.717) is 12.3 Å². The van der Waals surface area contributed by atoms with Crippen LogP contribution < -0.4 is 10.5 Å². The molecule has 0 radical (unpaired) electrons. The van der Waals surface area contributed by atoms with E-state index in [9.17, 15) is 13.2 Å². The Labute approximate surface area is 105 Å². The monoisotopic (exact) mass is 313 g/mol. The van der Waals surface area contributed by atoms with Crippen molar-refractivity contribution in [3.05, 3.63) is 28.2 Å². The molecule has 0 saturated carbocycles. The van der Waals surface area contributed by atoms with E-state index in [1.807, 2.05) is 0 Å². The van der Waals surface area contributed by atoms with Crippen LogP contribution in [-0.2, 0) is 11.3 Å². The molecule has 0 aliphatic heterocycles. The molecule has 0 unspecified atom stereocenters. The topological polar surface area (TPSA) is 44.5 Å². The van der Waals surface area contributed by atoms with Crippen LogP contribution in [0.4, 0.5) is 13.2 Å². The third-order valence-electron chi connectivity index (χ3n) is 1.81. The van der Waals surface area contributed by atoms with Gasteiger partial charge in [0.1, 0.15) is 12.4 Å². The van der Waals surface area contributed by atoms with E-state index >= 15 is 0 Å². The van der Waals surface area contributed by atoms with Gasteiger partial charge in [-0.3, -0.25) is 0 Å². The minimum atomic E-state index is -4.34. The Bertz CT molecular complexity index is 371. The lowest BCUT2D eigenvalue weighted by Gasteiger charge is -2.10. The van der Waals surface area contributed by atoms with Gasteiger partial charge in [-0.25, -0.2) is 0 Å². The molecular weight excluding hydrogens is 303 g/mol. The minimum Gasteiger partial charge on any atom is -0.468 e. The molecule has 0 spiro atoms. The molecule has 7 heteroatoms. The maximum absolute atomic E-state index is 11.7. The van der Waals surface area contributed by atoms with Gasteiger partial charge in [0, 0.05) is 11.0 Å². The molecule has 17 heavy (non-hydrogen) atoms. The van der Waals surface area contributed by atoms with E-state index in [0.717, 1.165) is 10.0 Å². The van der Waals surface area contributed by atoms with Crippen LogP contribution in [0.1, 0.15) is 5.56 Å². The Kier molecular flexibility index (Phi) is 5.23. The third-order valence-corrected chi connectivity index (χ3v) is 2.59. The molecule has 0 heterocycles. The van der Waals surface area contributed by atoms with Crippen LogP contribution >= 0.6 is 15.9 Å². The van der Waals surface area contributed by atoms with Crippen molar-refractivity contribution in [2.45, 2.75) is 12.7 Å². The summed E-state index contributed by atoms with van der Waals surface area (Å²) in [7, 11) is 0. The van der Waals surface area contributed by atoms with Crippen molar-refractivity contribution in [1.82, 2.24) is 0 Å². The second-order valence-corrected chi connectivity index (χ2v) is 4.04. The van der Waals surface area contributed by atoms with E-state index in [1.54, 1.807) is 18.2 Å². The molecular formula is C10H11BrF3NO2. The first-order valence-corrected chi connectivity index (χ1v) is 5.47. The lowest BCUT2D eigenvalue weighted by Crippen LogP contribution is -2.19. The summed E-state index contributed by atoms with van der Waals surface area (Å²) < 4.78 is 45.4. The van der Waals surface area contributed by atoms with Crippen molar-refractivity contribution >= 4 is 15.9 Å². The molecule has 0 amide bonds. The Morgan fingerprint density at radius 1 is 1.29 bits per heavy atom. The van der Waals surface area contributed by atoms with Crippen LogP contribution in [0.15, 0.2) is 22.7 Å². The summed E-state index contributed by atoms with van der Waals surface area (Å²) >= 11 is 3.28. The summed E-state index contributed by atoms with van der Waals surface area (Å²) in [5, 5.41) is 0. The Morgan fingerprint density at radius 3 is 2.59 bits per heavy atom. The fraction of sp³-hybridized carbons (Fsp3) is 0.400. The highest BCUT2D eigenvalue weighted by atomic mass is 79.9. The molecule has 0 aliphatic rings. The third kappa shape index (κ3) is 5.38. The molecule has 0 saturated heterocycles. The normalized spacial score (nSPS) is 11.6. The van der Waals surface area contributed by atoms with Crippen LogP contribution in [0.2, 0.25) is 0 Å². The minimum absolute atomic E-state index is 0.307. The summed E-state index contributed by atoms with van der Waals surface area (Å²) in [5.41, 5.74) is 6.27. The number of hydrogen-bond donors (Lipinski definition) is 1. The molecule has 2 N–H and O–H groups in total. The molecule has 1 aromatic carbocycles. The van der Waals surface area contributed by atoms with Crippen LogP contribution in [0.3, 0.4) is 0 Å². The molecule has 1 rings (SSSR count). The van der Waals surface area contributed by atoms with Crippen molar-refractivity contribution < 1.29 is 22.6 Å². The molecule has 0 aliphatic carbocycles.